The van der Waals surface area contributed by atoms with Gasteiger partial charge in [-0.1, -0.05) is 18.2 Å². The standard InChI is InChI=1S/C15H20O3/c1-10(16)11-7-6-8-12(9-11)13-17-14(2,3)15(4,5)18-13/h6-9,13H,1-5H3. The fourth-order valence-electron chi connectivity index (χ4n) is 1.88. The van der Waals surface area contributed by atoms with Crippen LogP contribution < -0.4 is 0 Å². The summed E-state index contributed by atoms with van der Waals surface area (Å²) in [5.74, 6) is 0.0494. The lowest BCUT2D eigenvalue weighted by Gasteiger charge is -2.30. The third kappa shape index (κ3) is 2.20. The molecule has 0 aromatic heterocycles. The van der Waals surface area contributed by atoms with Crippen LogP contribution in [0.25, 0.3) is 0 Å². The van der Waals surface area contributed by atoms with Crippen LogP contribution in [0.4, 0.5) is 0 Å². The van der Waals surface area contributed by atoms with E-state index in [1.807, 2.05) is 45.9 Å². The number of carbonyl (C=O) groups is 1. The fourth-order valence-corrected chi connectivity index (χ4v) is 1.88. The molecule has 3 nitrogen and oxygen atoms in total. The smallest absolute Gasteiger partial charge is 0.185 e. The lowest BCUT2D eigenvalue weighted by atomic mass is 9.90. The van der Waals surface area contributed by atoms with Crippen molar-refractivity contribution in [1.29, 1.82) is 0 Å². The first-order chi connectivity index (χ1) is 8.23. The van der Waals surface area contributed by atoms with Gasteiger partial charge >= 0.3 is 0 Å². The maximum absolute atomic E-state index is 11.4. The normalized spacial score (nSPS) is 22.1. The van der Waals surface area contributed by atoms with Crippen LogP contribution in [0.5, 0.6) is 0 Å². The summed E-state index contributed by atoms with van der Waals surface area (Å²) in [6.07, 6.45) is -0.408. The first-order valence-electron chi connectivity index (χ1n) is 6.19. The number of benzene rings is 1. The van der Waals surface area contributed by atoms with Crippen molar-refractivity contribution in [2.24, 2.45) is 0 Å². The second-order valence-electron chi connectivity index (χ2n) is 5.77. The molecular formula is C15H20O3. The zero-order valence-corrected chi connectivity index (χ0v) is 11.6. The minimum absolute atomic E-state index is 0.0494. The molecule has 0 unspecified atom stereocenters. The Kier molecular flexibility index (Phi) is 3.07. The van der Waals surface area contributed by atoms with Gasteiger partial charge in [-0.25, -0.2) is 0 Å². The molecule has 1 fully saturated rings. The molecule has 0 aliphatic carbocycles. The van der Waals surface area contributed by atoms with E-state index in [0.717, 1.165) is 5.56 Å². The summed E-state index contributed by atoms with van der Waals surface area (Å²) in [5.41, 5.74) is 0.858. The largest absolute Gasteiger partial charge is 0.339 e. The van der Waals surface area contributed by atoms with Crippen LogP contribution >= 0.6 is 0 Å². The highest BCUT2D eigenvalue weighted by molar-refractivity contribution is 5.94. The van der Waals surface area contributed by atoms with E-state index in [1.165, 1.54) is 0 Å². The molecule has 2 rings (SSSR count). The highest BCUT2D eigenvalue weighted by Crippen LogP contribution is 2.44. The van der Waals surface area contributed by atoms with E-state index in [0.29, 0.717) is 5.56 Å². The summed E-state index contributed by atoms with van der Waals surface area (Å²) < 4.78 is 11.9. The van der Waals surface area contributed by atoms with Crippen LogP contribution in [0, 0.1) is 0 Å². The first kappa shape index (κ1) is 13.2. The van der Waals surface area contributed by atoms with Crippen molar-refractivity contribution in [2.45, 2.75) is 52.1 Å². The van der Waals surface area contributed by atoms with Gasteiger partial charge in [-0.05, 0) is 40.7 Å². The van der Waals surface area contributed by atoms with E-state index in [2.05, 4.69) is 0 Å². The predicted molar refractivity (Wildman–Crippen MR) is 69.5 cm³/mol. The van der Waals surface area contributed by atoms with Crippen LogP contribution in [0.2, 0.25) is 0 Å². The maximum atomic E-state index is 11.4. The van der Waals surface area contributed by atoms with Gasteiger partial charge in [-0.2, -0.15) is 0 Å². The molecule has 1 saturated heterocycles. The molecule has 3 heteroatoms. The molecule has 1 heterocycles. The molecule has 0 bridgehead atoms. The van der Waals surface area contributed by atoms with Crippen molar-refractivity contribution >= 4 is 5.78 Å². The Bertz CT molecular complexity index is 458. The SMILES string of the molecule is CC(=O)c1cccc(C2OC(C)(C)C(C)(C)O2)c1. The molecule has 0 amide bonds. The van der Waals surface area contributed by atoms with Gasteiger partial charge in [0.15, 0.2) is 12.1 Å². The minimum atomic E-state index is -0.408. The third-order valence-electron chi connectivity index (χ3n) is 3.82. The van der Waals surface area contributed by atoms with Gasteiger partial charge in [0.05, 0.1) is 11.2 Å². The highest BCUT2D eigenvalue weighted by atomic mass is 16.7. The zero-order valence-electron chi connectivity index (χ0n) is 11.6. The molecule has 0 N–H and O–H groups in total. The van der Waals surface area contributed by atoms with Gasteiger partial charge < -0.3 is 9.47 Å². The van der Waals surface area contributed by atoms with Crippen molar-refractivity contribution in [3.05, 3.63) is 35.4 Å². The van der Waals surface area contributed by atoms with Crippen molar-refractivity contribution in [2.75, 3.05) is 0 Å². The van der Waals surface area contributed by atoms with Crippen molar-refractivity contribution in [3.63, 3.8) is 0 Å². The summed E-state index contributed by atoms with van der Waals surface area (Å²) in [4.78, 5) is 11.4. The molecule has 1 aromatic carbocycles. The summed E-state index contributed by atoms with van der Waals surface area (Å²) in [6.45, 7) is 9.62. The minimum Gasteiger partial charge on any atom is -0.339 e. The molecule has 18 heavy (non-hydrogen) atoms. The second-order valence-corrected chi connectivity index (χ2v) is 5.77. The molecule has 0 radical (unpaired) electrons. The summed E-state index contributed by atoms with van der Waals surface area (Å²) in [5, 5.41) is 0. The van der Waals surface area contributed by atoms with Crippen LogP contribution in [0.15, 0.2) is 24.3 Å². The van der Waals surface area contributed by atoms with Crippen LogP contribution in [0.1, 0.15) is 56.8 Å². The van der Waals surface area contributed by atoms with Gasteiger partial charge in [0.25, 0.3) is 0 Å². The number of hydrogen-bond acceptors (Lipinski definition) is 3. The lowest BCUT2D eigenvalue weighted by Crippen LogP contribution is -2.41. The Morgan fingerprint density at radius 1 is 1.11 bits per heavy atom. The van der Waals surface area contributed by atoms with Gasteiger partial charge in [0.1, 0.15) is 0 Å². The molecule has 1 aromatic rings. The molecule has 0 atom stereocenters. The van der Waals surface area contributed by atoms with E-state index in [4.69, 9.17) is 9.47 Å². The summed E-state index contributed by atoms with van der Waals surface area (Å²) in [6, 6.07) is 7.42. The van der Waals surface area contributed by atoms with E-state index in [9.17, 15) is 4.79 Å². The molecule has 1 aliphatic heterocycles. The molecule has 0 spiro atoms. The van der Waals surface area contributed by atoms with Crippen molar-refractivity contribution in [3.8, 4) is 0 Å². The number of hydrogen-bond donors (Lipinski definition) is 0. The topological polar surface area (TPSA) is 35.5 Å². The van der Waals surface area contributed by atoms with Crippen molar-refractivity contribution < 1.29 is 14.3 Å². The monoisotopic (exact) mass is 248 g/mol. The number of rotatable bonds is 2. The van der Waals surface area contributed by atoms with Gasteiger partial charge in [-0.3, -0.25) is 4.79 Å². The van der Waals surface area contributed by atoms with E-state index < -0.39 is 6.29 Å². The van der Waals surface area contributed by atoms with E-state index >= 15 is 0 Å². The molecular weight excluding hydrogens is 228 g/mol. The average Bonchev–Trinajstić information content (AvgIpc) is 2.48. The van der Waals surface area contributed by atoms with Crippen LogP contribution in [-0.4, -0.2) is 17.0 Å². The zero-order chi connectivity index (χ0) is 13.6. The predicted octanol–water partition coefficient (Wildman–Crippen LogP) is 3.49. The van der Waals surface area contributed by atoms with E-state index in [-0.39, 0.29) is 17.0 Å². The Balaban J connectivity index is 2.30. The van der Waals surface area contributed by atoms with E-state index in [1.54, 1.807) is 13.0 Å². The average molecular weight is 248 g/mol. The van der Waals surface area contributed by atoms with Gasteiger partial charge in [-0.15, -0.1) is 0 Å². The quantitative estimate of drug-likeness (QED) is 0.751. The maximum Gasteiger partial charge on any atom is 0.185 e. The Labute approximate surface area is 108 Å². The highest BCUT2D eigenvalue weighted by Gasteiger charge is 2.49. The lowest BCUT2D eigenvalue weighted by molar-refractivity contribution is -0.0895. The molecule has 0 saturated carbocycles. The van der Waals surface area contributed by atoms with Gasteiger partial charge in [0.2, 0.25) is 0 Å². The van der Waals surface area contributed by atoms with Crippen LogP contribution in [0.3, 0.4) is 0 Å². The Morgan fingerprint density at radius 2 is 1.67 bits per heavy atom. The number of ketones is 1. The van der Waals surface area contributed by atoms with Crippen molar-refractivity contribution in [1.82, 2.24) is 0 Å². The third-order valence-corrected chi connectivity index (χ3v) is 3.82. The number of ether oxygens (including phenoxy) is 2. The Hall–Kier alpha value is -1.19. The van der Waals surface area contributed by atoms with Gasteiger partial charge in [0, 0.05) is 11.1 Å². The second kappa shape index (κ2) is 4.18. The molecule has 98 valence electrons. The Morgan fingerprint density at radius 3 is 2.17 bits per heavy atom. The first-order valence-corrected chi connectivity index (χ1v) is 6.19. The summed E-state index contributed by atoms with van der Waals surface area (Å²) in [7, 11) is 0. The summed E-state index contributed by atoms with van der Waals surface area (Å²) >= 11 is 0. The molecule has 1 aliphatic rings. The van der Waals surface area contributed by atoms with Crippen LogP contribution in [-0.2, 0) is 9.47 Å². The number of Topliss-reactive ketones (excluding diaryl/α,β-unsaturated/α-hetero) is 1. The number of carbonyl (C=O) groups excluding carboxylic acids is 1. The fraction of sp³-hybridized carbons (Fsp3) is 0.533.